The van der Waals surface area contributed by atoms with Crippen molar-refractivity contribution in [2.45, 2.75) is 0 Å². The predicted octanol–water partition coefficient (Wildman–Crippen LogP) is -2.23. The number of hydrogen-bond acceptors (Lipinski definition) is 1. The first-order valence-corrected chi connectivity index (χ1v) is 2.35. The van der Waals surface area contributed by atoms with E-state index in [1.54, 1.807) is 0 Å². The Kier molecular flexibility index (Phi) is 16.1. The molecule has 0 rings (SSSR count). The molecule has 36 valence electrons. The van der Waals surface area contributed by atoms with Crippen molar-refractivity contribution in [1.29, 1.82) is 0 Å². The number of rotatable bonds is 0. The molecule has 7 heteroatoms. The van der Waals surface area contributed by atoms with Crippen molar-refractivity contribution >= 4 is 88.8 Å². The van der Waals surface area contributed by atoms with Gasteiger partial charge in [-0.05, 0) is 0 Å². The Morgan fingerprint density at radius 2 is 1.14 bits per heavy atom. The third kappa shape index (κ3) is 52.8. The molecule has 0 radical (unpaired) electrons. The van der Waals surface area contributed by atoms with Gasteiger partial charge in [0.1, 0.15) is 0 Å². The van der Waals surface area contributed by atoms with Gasteiger partial charge in [-0.3, -0.25) is 0 Å². The van der Waals surface area contributed by atoms with Crippen molar-refractivity contribution in [2.24, 2.45) is 0 Å². The van der Waals surface area contributed by atoms with Crippen LogP contribution in [0.15, 0.2) is 0 Å². The van der Waals surface area contributed by atoms with Gasteiger partial charge in [-0.25, -0.2) is 4.57 Å². The molecule has 0 saturated heterocycles. The zero-order valence-electron chi connectivity index (χ0n) is 2.20. The first-order valence-electron chi connectivity index (χ1n) is 0.783. The van der Waals surface area contributed by atoms with Gasteiger partial charge in [0.15, 0.2) is 0 Å². The topological polar surface area (TPSA) is 77.8 Å². The minimum atomic E-state index is -4.64. The van der Waals surface area contributed by atoms with E-state index < -0.39 is 7.82 Å². The Bertz CT molecular complexity index is 57.8. The van der Waals surface area contributed by atoms with Crippen molar-refractivity contribution in [3.05, 3.63) is 0 Å². The molecule has 0 fully saturated rings. The average Bonchev–Trinajstić information content (AvgIpc) is 0.722. The molecule has 4 nitrogen and oxygen atoms in total. The summed E-state index contributed by atoms with van der Waals surface area (Å²) in [7, 11) is -4.64. The normalized spacial score (nSPS) is 8.43. The van der Waals surface area contributed by atoms with Gasteiger partial charge in [0.25, 0.3) is 0 Å². The van der Waals surface area contributed by atoms with Crippen LogP contribution in [0, 0.1) is 0 Å². The van der Waals surface area contributed by atoms with E-state index in [4.69, 9.17) is 19.2 Å². The summed E-state index contributed by atoms with van der Waals surface area (Å²) in [6.45, 7) is 0. The van der Waals surface area contributed by atoms with Crippen LogP contribution in [-0.4, -0.2) is 95.6 Å². The summed E-state index contributed by atoms with van der Waals surface area (Å²) in [4.78, 5) is 21.6. The summed E-state index contributed by atoms with van der Waals surface area (Å²) < 4.78 is 8.88. The van der Waals surface area contributed by atoms with Crippen LogP contribution in [0.3, 0.4) is 0 Å². The zero-order chi connectivity index (χ0) is 4.50. The fraction of sp³-hybridized carbons (Fsp3) is 0. The SMILES string of the molecule is O=P(O)(O)O.[KH].[NaH]. The van der Waals surface area contributed by atoms with Crippen LogP contribution in [0.5, 0.6) is 0 Å². The van der Waals surface area contributed by atoms with E-state index in [0.29, 0.717) is 0 Å². The second-order valence-corrected chi connectivity index (χ2v) is 1.54. The minimum absolute atomic E-state index is 0. The van der Waals surface area contributed by atoms with Gasteiger partial charge in [0.2, 0.25) is 0 Å². The van der Waals surface area contributed by atoms with Crippen molar-refractivity contribution in [3.63, 3.8) is 0 Å². The van der Waals surface area contributed by atoms with E-state index in [2.05, 4.69) is 0 Å². The van der Waals surface area contributed by atoms with Gasteiger partial charge in [-0.15, -0.1) is 0 Å². The van der Waals surface area contributed by atoms with E-state index in [0.717, 1.165) is 0 Å². The predicted molar refractivity (Wildman–Crippen MR) is 28.6 cm³/mol. The standard InChI is InChI=1S/K.Na.H3O4P.2H/c;;1-5(2,3)4;;/h;;(H3,1,2,3,4);;. The zero-order valence-corrected chi connectivity index (χ0v) is 3.09. The Hall–Kier alpha value is 2.75. The summed E-state index contributed by atoms with van der Waals surface area (Å²) >= 11 is 0. The third-order valence-corrected chi connectivity index (χ3v) is 0. The molecule has 0 aromatic heterocycles. The van der Waals surface area contributed by atoms with Gasteiger partial charge in [-0.2, -0.15) is 0 Å². The van der Waals surface area contributed by atoms with Crippen molar-refractivity contribution in [1.82, 2.24) is 0 Å². The summed E-state index contributed by atoms with van der Waals surface area (Å²) in [5, 5.41) is 0. The van der Waals surface area contributed by atoms with Crippen LogP contribution in [0.1, 0.15) is 0 Å². The van der Waals surface area contributed by atoms with E-state index in [1.165, 1.54) is 0 Å². The molecule has 0 aliphatic carbocycles. The molecule has 3 N–H and O–H groups in total. The van der Waals surface area contributed by atoms with Crippen LogP contribution in [-0.2, 0) is 4.57 Å². The van der Waals surface area contributed by atoms with E-state index in [1.807, 2.05) is 0 Å². The maximum atomic E-state index is 8.88. The van der Waals surface area contributed by atoms with Gasteiger partial charge in [0.05, 0.1) is 0 Å². The molecule has 0 aliphatic rings. The molecule has 0 aromatic rings. The van der Waals surface area contributed by atoms with Crippen LogP contribution in [0.25, 0.3) is 0 Å². The molecule has 0 heterocycles. The summed E-state index contributed by atoms with van der Waals surface area (Å²) in [6.07, 6.45) is 0. The van der Waals surface area contributed by atoms with E-state index >= 15 is 0 Å². The van der Waals surface area contributed by atoms with Crippen molar-refractivity contribution in [2.75, 3.05) is 0 Å². The molecule has 0 atom stereocenters. The Morgan fingerprint density at radius 1 is 1.14 bits per heavy atom. The van der Waals surface area contributed by atoms with Gasteiger partial charge in [0, 0.05) is 0 Å². The van der Waals surface area contributed by atoms with Gasteiger partial charge in [-0.1, -0.05) is 0 Å². The van der Waals surface area contributed by atoms with Crippen LogP contribution in [0.4, 0.5) is 0 Å². The van der Waals surface area contributed by atoms with E-state index in [9.17, 15) is 0 Å². The fourth-order valence-corrected chi connectivity index (χ4v) is 0. The second kappa shape index (κ2) is 6.86. The maximum absolute atomic E-state index is 8.88. The Balaban J connectivity index is -0.0000000800. The monoisotopic (exact) mass is 162 g/mol. The molecule has 0 aromatic carbocycles. The number of hydrogen-bond donors (Lipinski definition) is 3. The van der Waals surface area contributed by atoms with Crippen LogP contribution in [0.2, 0.25) is 0 Å². The average molecular weight is 162 g/mol. The first kappa shape index (κ1) is 16.4. The summed E-state index contributed by atoms with van der Waals surface area (Å²) in [5.74, 6) is 0. The fourth-order valence-electron chi connectivity index (χ4n) is 0. The molecule has 0 bridgehead atoms. The van der Waals surface area contributed by atoms with Gasteiger partial charge < -0.3 is 14.7 Å². The van der Waals surface area contributed by atoms with E-state index in [-0.39, 0.29) is 80.9 Å². The molecule has 0 amide bonds. The molecule has 0 saturated carbocycles. The number of phosphoric acid groups is 1. The van der Waals surface area contributed by atoms with Crippen molar-refractivity contribution < 1.29 is 19.2 Å². The van der Waals surface area contributed by atoms with Crippen LogP contribution < -0.4 is 0 Å². The Morgan fingerprint density at radius 3 is 1.14 bits per heavy atom. The third-order valence-electron chi connectivity index (χ3n) is 0. The van der Waals surface area contributed by atoms with Gasteiger partial charge >= 0.3 is 88.8 Å². The molecular formula is H5KNaO4P. The molecule has 7 heavy (non-hydrogen) atoms. The molecular weight excluding hydrogens is 157 g/mol. The van der Waals surface area contributed by atoms with Crippen LogP contribution >= 0.6 is 7.82 Å². The summed E-state index contributed by atoms with van der Waals surface area (Å²) in [5.41, 5.74) is 0. The quantitative estimate of drug-likeness (QED) is 0.278. The Labute approximate surface area is 106 Å². The molecule has 0 unspecified atom stereocenters. The second-order valence-electron chi connectivity index (χ2n) is 0.513. The first-order chi connectivity index (χ1) is 2.00. The molecule has 0 spiro atoms. The van der Waals surface area contributed by atoms with Crippen molar-refractivity contribution in [3.8, 4) is 0 Å². The molecule has 0 aliphatic heterocycles. The summed E-state index contributed by atoms with van der Waals surface area (Å²) in [6, 6.07) is 0.